The highest BCUT2D eigenvalue weighted by Crippen LogP contribution is 2.79. The molecule has 0 saturated heterocycles. The van der Waals surface area contributed by atoms with Gasteiger partial charge in [-0.05, 0) is 53.8 Å². The first kappa shape index (κ1) is 7.25. The van der Waals surface area contributed by atoms with Gasteiger partial charge in [0.1, 0.15) is 6.17 Å². The highest BCUT2D eigenvalue weighted by molar-refractivity contribution is 5.24. The summed E-state index contributed by atoms with van der Waals surface area (Å²) in [7, 11) is 0. The van der Waals surface area contributed by atoms with E-state index in [1.54, 1.807) is 0 Å². The van der Waals surface area contributed by atoms with Crippen LogP contribution in [0.3, 0.4) is 0 Å². The summed E-state index contributed by atoms with van der Waals surface area (Å²) in [4.78, 5) is 0. The number of fused-ring (bicyclic) bond motifs is 7. The third kappa shape index (κ3) is 0.512. The van der Waals surface area contributed by atoms with Gasteiger partial charge in [-0.3, -0.25) is 0 Å². The van der Waals surface area contributed by atoms with Crippen molar-refractivity contribution >= 4 is 0 Å². The third-order valence-electron chi connectivity index (χ3n) is 5.99. The summed E-state index contributed by atoms with van der Waals surface area (Å²) in [6, 6.07) is 0. The van der Waals surface area contributed by atoms with Gasteiger partial charge in [0.15, 0.2) is 0 Å². The van der Waals surface area contributed by atoms with E-state index < -0.39 is 6.17 Å². The summed E-state index contributed by atoms with van der Waals surface area (Å²) in [5.74, 6) is 6.52. The molecule has 9 atom stereocenters. The molecule has 4 aliphatic rings. The summed E-state index contributed by atoms with van der Waals surface area (Å²) >= 11 is 0. The topological polar surface area (TPSA) is 0 Å². The molecule has 0 bridgehead atoms. The first-order chi connectivity index (χ1) is 6.22. The molecule has 0 aromatic heterocycles. The van der Waals surface area contributed by atoms with Crippen LogP contribution in [0.1, 0.15) is 20.3 Å². The average Bonchev–Trinajstić information content (AvgIpc) is 2.09. The van der Waals surface area contributed by atoms with Crippen molar-refractivity contribution in [3.63, 3.8) is 0 Å². The lowest BCUT2D eigenvalue weighted by Gasteiger charge is -2.80. The fourth-order valence-electron chi connectivity index (χ4n) is 5.41. The first-order valence-electron chi connectivity index (χ1n) is 5.86. The monoisotopic (exact) mass is 180 g/mol. The van der Waals surface area contributed by atoms with Gasteiger partial charge in [0, 0.05) is 0 Å². The predicted octanol–water partition coefficient (Wildman–Crippen LogP) is 2.74. The lowest BCUT2D eigenvalue weighted by Crippen LogP contribution is -2.79. The van der Waals surface area contributed by atoms with Gasteiger partial charge in [-0.1, -0.05) is 13.8 Å². The smallest absolute Gasteiger partial charge is 0.106 e. The van der Waals surface area contributed by atoms with Crippen LogP contribution in [0.5, 0.6) is 0 Å². The van der Waals surface area contributed by atoms with Crippen LogP contribution >= 0.6 is 0 Å². The largest absolute Gasteiger partial charge is 0.247 e. The van der Waals surface area contributed by atoms with E-state index in [2.05, 4.69) is 13.8 Å². The van der Waals surface area contributed by atoms with Crippen LogP contribution in [0, 0.1) is 47.3 Å². The first-order valence-corrected chi connectivity index (χ1v) is 5.86. The second-order valence-corrected chi connectivity index (χ2v) is 6.07. The zero-order valence-corrected chi connectivity index (χ0v) is 8.28. The molecule has 0 aromatic carbocycles. The summed E-state index contributed by atoms with van der Waals surface area (Å²) < 4.78 is 13.5. The van der Waals surface area contributed by atoms with Crippen LogP contribution in [0.2, 0.25) is 0 Å². The van der Waals surface area contributed by atoms with Crippen molar-refractivity contribution in [1.29, 1.82) is 0 Å². The quantitative estimate of drug-likeness (QED) is 0.537. The van der Waals surface area contributed by atoms with Gasteiger partial charge >= 0.3 is 0 Å². The highest BCUT2D eigenvalue weighted by atomic mass is 19.1. The molecular weight excluding hydrogens is 163 g/mol. The van der Waals surface area contributed by atoms with Gasteiger partial charge in [-0.2, -0.15) is 0 Å². The Kier molecular flexibility index (Phi) is 1.02. The summed E-state index contributed by atoms with van der Waals surface area (Å²) in [5.41, 5.74) is 0. The molecule has 72 valence electrons. The third-order valence-corrected chi connectivity index (χ3v) is 5.99. The fourth-order valence-corrected chi connectivity index (χ4v) is 5.41. The molecule has 0 heterocycles. The second kappa shape index (κ2) is 1.83. The lowest BCUT2D eigenvalue weighted by molar-refractivity contribution is -0.349. The molecule has 0 radical (unpaired) electrons. The number of rotatable bonds is 0. The number of hydrogen-bond acceptors (Lipinski definition) is 0. The van der Waals surface area contributed by atoms with Gasteiger partial charge < -0.3 is 0 Å². The van der Waals surface area contributed by atoms with Crippen molar-refractivity contribution in [3.8, 4) is 0 Å². The van der Waals surface area contributed by atoms with Crippen LogP contribution in [0.25, 0.3) is 0 Å². The van der Waals surface area contributed by atoms with Gasteiger partial charge in [0.05, 0.1) is 0 Å². The number of hydrogen-bond donors (Lipinski definition) is 0. The van der Waals surface area contributed by atoms with E-state index in [-0.39, 0.29) is 0 Å². The zero-order chi connectivity index (χ0) is 8.90. The minimum Gasteiger partial charge on any atom is -0.247 e. The van der Waals surface area contributed by atoms with E-state index in [9.17, 15) is 4.39 Å². The molecule has 4 rings (SSSR count). The summed E-state index contributed by atoms with van der Waals surface area (Å²) in [6.07, 6.45) is 0.985. The van der Waals surface area contributed by atoms with E-state index in [0.29, 0.717) is 11.8 Å². The molecule has 1 heteroatoms. The molecule has 0 aromatic rings. The van der Waals surface area contributed by atoms with E-state index in [1.165, 1.54) is 6.42 Å². The normalized spacial score (nSPS) is 77.3. The molecule has 0 nitrogen and oxygen atoms in total. The Morgan fingerprint density at radius 2 is 1.69 bits per heavy atom. The zero-order valence-electron chi connectivity index (χ0n) is 8.28. The molecule has 0 amide bonds. The van der Waals surface area contributed by atoms with E-state index in [4.69, 9.17) is 0 Å². The Morgan fingerprint density at radius 3 is 2.38 bits per heavy atom. The van der Waals surface area contributed by atoms with Gasteiger partial charge in [0.25, 0.3) is 0 Å². The maximum absolute atomic E-state index is 13.5. The molecular formula is C12H17F. The molecule has 0 aliphatic heterocycles. The van der Waals surface area contributed by atoms with E-state index in [0.717, 1.165) is 35.5 Å². The Labute approximate surface area is 78.9 Å². The predicted molar refractivity (Wildman–Crippen MR) is 48.8 cm³/mol. The van der Waals surface area contributed by atoms with Crippen molar-refractivity contribution in [2.75, 3.05) is 0 Å². The lowest BCUT2D eigenvalue weighted by atomic mass is 9.24. The van der Waals surface area contributed by atoms with Crippen molar-refractivity contribution in [2.24, 2.45) is 47.3 Å². The van der Waals surface area contributed by atoms with Crippen molar-refractivity contribution < 1.29 is 4.39 Å². The fraction of sp³-hybridized carbons (Fsp3) is 1.00. The standard InChI is InChI=1S/C12H17F/c1-4-3-6-7(4)10-8-5(2)12(13)11(8)9(6)10/h4-12H,3H2,1-2H3. The number of alkyl halides is 1. The van der Waals surface area contributed by atoms with E-state index >= 15 is 0 Å². The van der Waals surface area contributed by atoms with Crippen LogP contribution in [-0.4, -0.2) is 6.17 Å². The Morgan fingerprint density at radius 1 is 0.923 bits per heavy atom. The second-order valence-electron chi connectivity index (χ2n) is 6.07. The molecule has 4 aliphatic carbocycles. The minimum atomic E-state index is -0.428. The van der Waals surface area contributed by atoms with Crippen LogP contribution < -0.4 is 0 Å². The Balaban J connectivity index is 1.60. The van der Waals surface area contributed by atoms with Crippen molar-refractivity contribution in [1.82, 2.24) is 0 Å². The van der Waals surface area contributed by atoms with Crippen molar-refractivity contribution in [3.05, 3.63) is 0 Å². The molecule has 9 unspecified atom stereocenters. The molecule has 0 N–H and O–H groups in total. The maximum Gasteiger partial charge on any atom is 0.106 e. The average molecular weight is 180 g/mol. The van der Waals surface area contributed by atoms with E-state index in [1.807, 2.05) is 0 Å². The molecule has 13 heavy (non-hydrogen) atoms. The van der Waals surface area contributed by atoms with Crippen LogP contribution in [-0.2, 0) is 0 Å². The summed E-state index contributed by atoms with van der Waals surface area (Å²) in [5, 5.41) is 0. The van der Waals surface area contributed by atoms with Gasteiger partial charge in [-0.25, -0.2) is 4.39 Å². The summed E-state index contributed by atoms with van der Waals surface area (Å²) in [6.45, 7) is 4.51. The van der Waals surface area contributed by atoms with Crippen LogP contribution in [0.15, 0.2) is 0 Å². The Bertz CT molecular complexity index is 268. The SMILES string of the molecule is CC1CC2C1C1C3C(C)C(F)C3C21. The molecule has 4 fully saturated rings. The molecule has 4 saturated carbocycles. The number of halogens is 1. The highest BCUT2D eigenvalue weighted by Gasteiger charge is 2.77. The van der Waals surface area contributed by atoms with Gasteiger partial charge in [0.2, 0.25) is 0 Å². The van der Waals surface area contributed by atoms with Gasteiger partial charge in [-0.15, -0.1) is 0 Å². The maximum atomic E-state index is 13.5. The minimum absolute atomic E-state index is 0.403. The Hall–Kier alpha value is -0.0700. The molecule has 0 spiro atoms. The van der Waals surface area contributed by atoms with Crippen molar-refractivity contribution in [2.45, 2.75) is 26.4 Å². The van der Waals surface area contributed by atoms with Crippen LogP contribution in [0.4, 0.5) is 4.39 Å².